The Hall–Kier alpha value is -2.38. The van der Waals surface area contributed by atoms with E-state index in [0.29, 0.717) is 0 Å². The molecule has 0 bridgehead atoms. The first-order chi connectivity index (χ1) is 10.9. The highest BCUT2D eigenvalue weighted by molar-refractivity contribution is 7.90. The Balaban J connectivity index is 2.29. The standard InChI is InChI=1S/C16H20N4O2S/c1-12-4-8-14(9-5-12)18-16(19-17-3)20-23(21,22)15-10-6-13(2)7-11-15/h4-11,17H,1-3H3,(H2,18,19,20). The fraction of sp³-hybridized carbons (Fsp3) is 0.188. The summed E-state index contributed by atoms with van der Waals surface area (Å²) in [6.45, 7) is 3.87. The molecule has 6 nitrogen and oxygen atoms in total. The van der Waals surface area contributed by atoms with Crippen LogP contribution in [0.5, 0.6) is 0 Å². The van der Waals surface area contributed by atoms with Gasteiger partial charge in [-0.1, -0.05) is 35.4 Å². The molecule has 0 amide bonds. The number of guanidine groups is 1. The van der Waals surface area contributed by atoms with Crippen molar-refractivity contribution >= 4 is 21.7 Å². The first-order valence-electron chi connectivity index (χ1n) is 7.09. The smallest absolute Gasteiger partial charge is 0.285 e. The number of hydrogen-bond acceptors (Lipinski definition) is 3. The van der Waals surface area contributed by atoms with Crippen LogP contribution in [-0.2, 0) is 10.0 Å². The second-order valence-corrected chi connectivity index (χ2v) is 6.70. The van der Waals surface area contributed by atoms with E-state index in [1.54, 1.807) is 19.2 Å². The van der Waals surface area contributed by atoms with Crippen LogP contribution < -0.4 is 16.2 Å². The predicted octanol–water partition coefficient (Wildman–Crippen LogP) is 2.18. The van der Waals surface area contributed by atoms with Gasteiger partial charge in [-0.25, -0.2) is 5.43 Å². The molecule has 0 spiro atoms. The number of hydrazine groups is 1. The van der Waals surface area contributed by atoms with Crippen molar-refractivity contribution in [3.05, 3.63) is 59.7 Å². The van der Waals surface area contributed by atoms with Gasteiger partial charge >= 0.3 is 0 Å². The predicted molar refractivity (Wildman–Crippen MR) is 92.8 cm³/mol. The Labute approximate surface area is 136 Å². The number of nitrogens with one attached hydrogen (secondary N) is 3. The van der Waals surface area contributed by atoms with Gasteiger partial charge in [0.2, 0.25) is 5.96 Å². The zero-order valence-electron chi connectivity index (χ0n) is 13.3. The average Bonchev–Trinajstić information content (AvgIpc) is 2.50. The van der Waals surface area contributed by atoms with Gasteiger partial charge in [0.25, 0.3) is 10.0 Å². The lowest BCUT2D eigenvalue weighted by Gasteiger charge is -2.11. The maximum Gasteiger partial charge on any atom is 0.285 e. The second-order valence-electron chi connectivity index (χ2n) is 5.09. The summed E-state index contributed by atoms with van der Waals surface area (Å²) in [5.41, 5.74) is 8.20. The molecule has 0 aromatic heterocycles. The van der Waals surface area contributed by atoms with Crippen molar-refractivity contribution in [3.63, 3.8) is 0 Å². The van der Waals surface area contributed by atoms with E-state index in [1.807, 2.05) is 38.1 Å². The number of benzene rings is 2. The maximum absolute atomic E-state index is 12.4. The van der Waals surface area contributed by atoms with Gasteiger partial charge in [0, 0.05) is 12.7 Å². The first-order valence-corrected chi connectivity index (χ1v) is 8.53. The molecule has 0 aliphatic carbocycles. The first kappa shape index (κ1) is 17.0. The Bertz CT molecular complexity index is 782. The van der Waals surface area contributed by atoms with Crippen LogP contribution in [-0.4, -0.2) is 21.4 Å². The normalized spacial score (nSPS) is 12.0. The SMILES string of the molecule is CNNC(=NS(=O)(=O)c1ccc(C)cc1)Nc1ccc(C)cc1. The number of nitrogens with zero attached hydrogens (tertiary/aromatic N) is 1. The summed E-state index contributed by atoms with van der Waals surface area (Å²) in [6.07, 6.45) is 0. The van der Waals surface area contributed by atoms with Gasteiger partial charge in [-0.2, -0.15) is 8.42 Å². The highest BCUT2D eigenvalue weighted by Gasteiger charge is 2.14. The molecule has 0 heterocycles. The minimum Gasteiger partial charge on any atom is -0.324 e. The molecule has 0 aliphatic heterocycles. The molecule has 0 unspecified atom stereocenters. The second kappa shape index (κ2) is 7.26. The number of anilines is 1. The fourth-order valence-corrected chi connectivity index (χ4v) is 2.77. The summed E-state index contributed by atoms with van der Waals surface area (Å²) in [5.74, 6) is 0.0944. The van der Waals surface area contributed by atoms with E-state index in [9.17, 15) is 8.42 Å². The molecule has 0 atom stereocenters. The van der Waals surface area contributed by atoms with Gasteiger partial charge in [0.15, 0.2) is 0 Å². The minimum atomic E-state index is -3.80. The molecule has 0 aliphatic rings. The Morgan fingerprint density at radius 3 is 1.96 bits per heavy atom. The van der Waals surface area contributed by atoms with Crippen molar-refractivity contribution < 1.29 is 8.42 Å². The molecular formula is C16H20N4O2S. The van der Waals surface area contributed by atoms with Crippen molar-refractivity contribution in [3.8, 4) is 0 Å². The monoisotopic (exact) mass is 332 g/mol. The van der Waals surface area contributed by atoms with Crippen LogP contribution in [0.4, 0.5) is 5.69 Å². The molecule has 0 saturated heterocycles. The molecule has 0 fully saturated rings. The van der Waals surface area contributed by atoms with Crippen molar-refractivity contribution in [2.24, 2.45) is 4.40 Å². The molecule has 7 heteroatoms. The van der Waals surface area contributed by atoms with Crippen molar-refractivity contribution in [2.45, 2.75) is 18.7 Å². The summed E-state index contributed by atoms with van der Waals surface area (Å²) in [6, 6.07) is 14.1. The van der Waals surface area contributed by atoms with Gasteiger partial charge in [0.1, 0.15) is 0 Å². The van der Waals surface area contributed by atoms with Crippen LogP contribution in [0.15, 0.2) is 57.8 Å². The summed E-state index contributed by atoms with van der Waals surface area (Å²) in [7, 11) is -2.17. The summed E-state index contributed by atoms with van der Waals surface area (Å²) >= 11 is 0. The van der Waals surface area contributed by atoms with E-state index < -0.39 is 10.0 Å². The van der Waals surface area contributed by atoms with Gasteiger partial charge < -0.3 is 5.32 Å². The molecule has 3 N–H and O–H groups in total. The quantitative estimate of drug-likeness (QED) is 0.454. The van der Waals surface area contributed by atoms with Crippen LogP contribution in [0.3, 0.4) is 0 Å². The molecule has 2 rings (SSSR count). The minimum absolute atomic E-state index is 0.0944. The van der Waals surface area contributed by atoms with Gasteiger partial charge in [-0.15, -0.1) is 4.40 Å². The van der Waals surface area contributed by atoms with Crippen LogP contribution >= 0.6 is 0 Å². The van der Waals surface area contributed by atoms with E-state index >= 15 is 0 Å². The lowest BCUT2D eigenvalue weighted by Crippen LogP contribution is -2.39. The van der Waals surface area contributed by atoms with Gasteiger partial charge in [0.05, 0.1) is 4.90 Å². The third-order valence-corrected chi connectivity index (χ3v) is 4.38. The summed E-state index contributed by atoms with van der Waals surface area (Å²) in [4.78, 5) is 0.143. The fourth-order valence-electron chi connectivity index (χ4n) is 1.85. The highest BCUT2D eigenvalue weighted by Crippen LogP contribution is 2.14. The van der Waals surface area contributed by atoms with Crippen LogP contribution in [0, 0.1) is 13.8 Å². The number of sulfonamides is 1. The topological polar surface area (TPSA) is 82.6 Å². The van der Waals surface area contributed by atoms with E-state index in [2.05, 4.69) is 20.6 Å². The molecule has 0 radical (unpaired) electrons. The molecular weight excluding hydrogens is 312 g/mol. The number of rotatable bonds is 4. The molecule has 2 aromatic rings. The Kier molecular flexibility index (Phi) is 5.36. The Morgan fingerprint density at radius 1 is 0.913 bits per heavy atom. The highest BCUT2D eigenvalue weighted by atomic mass is 32.2. The summed E-state index contributed by atoms with van der Waals surface area (Å²) < 4.78 is 28.6. The van der Waals surface area contributed by atoms with Gasteiger partial charge in [-0.3, -0.25) is 5.43 Å². The van der Waals surface area contributed by atoms with E-state index in [-0.39, 0.29) is 10.9 Å². The maximum atomic E-state index is 12.4. The van der Waals surface area contributed by atoms with Crippen molar-refractivity contribution in [2.75, 3.05) is 12.4 Å². The van der Waals surface area contributed by atoms with Crippen molar-refractivity contribution in [1.29, 1.82) is 0 Å². The number of hydrogen-bond donors (Lipinski definition) is 3. The molecule has 0 saturated carbocycles. The third-order valence-electron chi connectivity index (χ3n) is 3.09. The third kappa shape index (κ3) is 4.80. The van der Waals surface area contributed by atoms with E-state index in [0.717, 1.165) is 16.8 Å². The average molecular weight is 332 g/mol. The van der Waals surface area contributed by atoms with E-state index in [4.69, 9.17) is 0 Å². The molecule has 23 heavy (non-hydrogen) atoms. The van der Waals surface area contributed by atoms with Crippen LogP contribution in [0.25, 0.3) is 0 Å². The van der Waals surface area contributed by atoms with Crippen LogP contribution in [0.2, 0.25) is 0 Å². The molecule has 122 valence electrons. The largest absolute Gasteiger partial charge is 0.324 e. The van der Waals surface area contributed by atoms with E-state index in [1.165, 1.54) is 12.1 Å². The van der Waals surface area contributed by atoms with Crippen LogP contribution in [0.1, 0.15) is 11.1 Å². The zero-order valence-corrected chi connectivity index (χ0v) is 14.1. The number of aryl methyl sites for hydroxylation is 2. The lowest BCUT2D eigenvalue weighted by atomic mass is 10.2. The molecule has 2 aromatic carbocycles. The zero-order chi connectivity index (χ0) is 16.9. The van der Waals surface area contributed by atoms with Crippen molar-refractivity contribution in [1.82, 2.24) is 10.9 Å². The lowest BCUT2D eigenvalue weighted by molar-refractivity contribution is 0.597. The van der Waals surface area contributed by atoms with Gasteiger partial charge in [-0.05, 0) is 38.1 Å². The Morgan fingerprint density at radius 2 is 1.43 bits per heavy atom. The summed E-state index contributed by atoms with van der Waals surface area (Å²) in [5, 5.41) is 2.94.